The molecule has 2 aromatic heterocycles. The molecule has 32 heavy (non-hydrogen) atoms. The standard InChI is InChI=1S/C26H27N5O/c1-3-4-5-20-6-8-21(9-7-20)22-10-12-24(13-11-22)31-18-27-17-25(31)26(32)30-16-23-15-28-19(2)14-29-23/h6-15,17-18H,3-5,16H2,1-2H3,(H,30,32). The van der Waals surface area contributed by atoms with Crippen LogP contribution in [0.25, 0.3) is 16.8 Å². The van der Waals surface area contributed by atoms with Gasteiger partial charge in [-0.1, -0.05) is 49.7 Å². The van der Waals surface area contributed by atoms with E-state index in [2.05, 4.69) is 63.6 Å². The Morgan fingerprint density at radius 3 is 2.31 bits per heavy atom. The Hall–Kier alpha value is -3.80. The number of benzene rings is 2. The third-order valence-electron chi connectivity index (χ3n) is 5.39. The maximum absolute atomic E-state index is 12.7. The Labute approximate surface area is 188 Å². The molecule has 0 spiro atoms. The molecule has 1 amide bonds. The second-order valence-electron chi connectivity index (χ2n) is 7.83. The molecule has 0 atom stereocenters. The summed E-state index contributed by atoms with van der Waals surface area (Å²) >= 11 is 0. The van der Waals surface area contributed by atoms with Gasteiger partial charge in [-0.25, -0.2) is 4.98 Å². The molecule has 1 N–H and O–H groups in total. The minimum absolute atomic E-state index is 0.211. The number of nitrogens with one attached hydrogen (secondary N) is 1. The summed E-state index contributed by atoms with van der Waals surface area (Å²) in [5.41, 5.74) is 6.59. The Morgan fingerprint density at radius 1 is 0.938 bits per heavy atom. The molecule has 0 aliphatic heterocycles. The van der Waals surface area contributed by atoms with Gasteiger partial charge in [-0.3, -0.25) is 19.3 Å². The lowest BCUT2D eigenvalue weighted by Crippen LogP contribution is -2.25. The van der Waals surface area contributed by atoms with Crippen LogP contribution in [0.15, 0.2) is 73.4 Å². The number of aromatic nitrogens is 4. The number of carbonyl (C=O) groups is 1. The van der Waals surface area contributed by atoms with Gasteiger partial charge in [0, 0.05) is 11.9 Å². The van der Waals surface area contributed by atoms with Gasteiger partial charge < -0.3 is 5.32 Å². The molecule has 0 aliphatic rings. The fourth-order valence-corrected chi connectivity index (χ4v) is 3.50. The lowest BCUT2D eigenvalue weighted by molar-refractivity contribution is 0.0943. The Kier molecular flexibility index (Phi) is 6.70. The van der Waals surface area contributed by atoms with Crippen molar-refractivity contribution in [2.45, 2.75) is 39.7 Å². The maximum atomic E-state index is 12.7. The van der Waals surface area contributed by atoms with Crippen molar-refractivity contribution < 1.29 is 4.79 Å². The van der Waals surface area contributed by atoms with Gasteiger partial charge in [-0.15, -0.1) is 0 Å². The Morgan fingerprint density at radius 2 is 1.66 bits per heavy atom. The number of hydrogen-bond acceptors (Lipinski definition) is 4. The quantitative estimate of drug-likeness (QED) is 0.435. The van der Waals surface area contributed by atoms with Crippen molar-refractivity contribution >= 4 is 5.91 Å². The lowest BCUT2D eigenvalue weighted by atomic mass is 10.0. The minimum atomic E-state index is -0.211. The fourth-order valence-electron chi connectivity index (χ4n) is 3.50. The second kappa shape index (κ2) is 10.0. The van der Waals surface area contributed by atoms with E-state index < -0.39 is 0 Å². The smallest absolute Gasteiger partial charge is 0.270 e. The van der Waals surface area contributed by atoms with Crippen molar-refractivity contribution in [1.82, 2.24) is 24.8 Å². The third kappa shape index (κ3) is 5.09. The monoisotopic (exact) mass is 425 g/mol. The molecule has 4 rings (SSSR count). The number of unbranched alkanes of at least 4 members (excludes halogenated alkanes) is 1. The van der Waals surface area contributed by atoms with Crippen molar-refractivity contribution in [3.63, 3.8) is 0 Å². The Bertz CT molecular complexity index is 1160. The van der Waals surface area contributed by atoms with E-state index in [9.17, 15) is 4.79 Å². The number of hydrogen-bond donors (Lipinski definition) is 1. The molecule has 2 aromatic carbocycles. The minimum Gasteiger partial charge on any atom is -0.345 e. The van der Waals surface area contributed by atoms with Gasteiger partial charge >= 0.3 is 0 Å². The molecule has 0 fully saturated rings. The van der Waals surface area contributed by atoms with E-state index >= 15 is 0 Å². The van der Waals surface area contributed by atoms with E-state index in [-0.39, 0.29) is 5.91 Å². The van der Waals surface area contributed by atoms with Gasteiger partial charge in [0.1, 0.15) is 5.69 Å². The SMILES string of the molecule is CCCCc1ccc(-c2ccc(-n3cncc3C(=O)NCc3cnc(C)cn3)cc2)cc1. The van der Waals surface area contributed by atoms with Crippen molar-refractivity contribution in [3.8, 4) is 16.8 Å². The van der Waals surface area contributed by atoms with Crippen LogP contribution in [-0.2, 0) is 13.0 Å². The van der Waals surface area contributed by atoms with Crippen LogP contribution in [0.1, 0.15) is 47.2 Å². The van der Waals surface area contributed by atoms with E-state index in [0.29, 0.717) is 17.9 Å². The van der Waals surface area contributed by atoms with Crippen LogP contribution in [0.5, 0.6) is 0 Å². The molecule has 0 saturated carbocycles. The summed E-state index contributed by atoms with van der Waals surface area (Å²) in [4.78, 5) is 25.4. The normalized spacial score (nSPS) is 10.8. The van der Waals surface area contributed by atoms with E-state index in [4.69, 9.17) is 0 Å². The van der Waals surface area contributed by atoms with Gasteiger partial charge in [0.15, 0.2) is 0 Å². The molecule has 0 saturated heterocycles. The van der Waals surface area contributed by atoms with Crippen molar-refractivity contribution in [2.24, 2.45) is 0 Å². The van der Waals surface area contributed by atoms with E-state index in [1.165, 1.54) is 24.0 Å². The molecule has 0 radical (unpaired) electrons. The first-order chi connectivity index (χ1) is 15.6. The highest BCUT2D eigenvalue weighted by Crippen LogP contribution is 2.23. The summed E-state index contributed by atoms with van der Waals surface area (Å²) in [5.74, 6) is -0.211. The van der Waals surface area contributed by atoms with E-state index in [1.807, 2.05) is 19.1 Å². The van der Waals surface area contributed by atoms with E-state index in [0.717, 1.165) is 23.4 Å². The molecule has 2 heterocycles. The largest absolute Gasteiger partial charge is 0.345 e. The van der Waals surface area contributed by atoms with Crippen LogP contribution >= 0.6 is 0 Å². The summed E-state index contributed by atoms with van der Waals surface area (Å²) in [7, 11) is 0. The Balaban J connectivity index is 1.45. The van der Waals surface area contributed by atoms with Gasteiger partial charge in [-0.2, -0.15) is 0 Å². The maximum Gasteiger partial charge on any atom is 0.270 e. The molecule has 0 bridgehead atoms. The zero-order chi connectivity index (χ0) is 22.3. The zero-order valence-electron chi connectivity index (χ0n) is 18.5. The van der Waals surface area contributed by atoms with Crippen LogP contribution in [0, 0.1) is 6.92 Å². The van der Waals surface area contributed by atoms with E-state index in [1.54, 1.807) is 29.5 Å². The van der Waals surface area contributed by atoms with Crippen LogP contribution in [0.2, 0.25) is 0 Å². The van der Waals surface area contributed by atoms with Crippen LogP contribution in [-0.4, -0.2) is 25.4 Å². The van der Waals surface area contributed by atoms with Gasteiger partial charge in [0.05, 0.1) is 36.7 Å². The highest BCUT2D eigenvalue weighted by molar-refractivity contribution is 5.93. The molecular weight excluding hydrogens is 398 g/mol. The first kappa shape index (κ1) is 21.4. The van der Waals surface area contributed by atoms with Gasteiger partial charge in [0.25, 0.3) is 5.91 Å². The summed E-state index contributed by atoms with van der Waals surface area (Å²) < 4.78 is 1.79. The highest BCUT2D eigenvalue weighted by Gasteiger charge is 2.13. The third-order valence-corrected chi connectivity index (χ3v) is 5.39. The number of nitrogens with zero attached hydrogens (tertiary/aromatic N) is 4. The number of rotatable bonds is 8. The molecule has 0 unspecified atom stereocenters. The highest BCUT2D eigenvalue weighted by atomic mass is 16.1. The van der Waals surface area contributed by atoms with Crippen LogP contribution < -0.4 is 5.32 Å². The molecule has 0 aliphatic carbocycles. The number of aryl methyl sites for hydroxylation is 2. The topological polar surface area (TPSA) is 72.7 Å². The van der Waals surface area contributed by atoms with Gasteiger partial charge in [-0.05, 0) is 48.6 Å². The number of amides is 1. The average molecular weight is 426 g/mol. The molecular formula is C26H27N5O. The van der Waals surface area contributed by atoms with Crippen LogP contribution in [0.4, 0.5) is 0 Å². The number of carbonyl (C=O) groups excluding carboxylic acids is 1. The second-order valence-corrected chi connectivity index (χ2v) is 7.83. The fraction of sp³-hybridized carbons (Fsp3) is 0.231. The average Bonchev–Trinajstić information content (AvgIpc) is 3.33. The summed E-state index contributed by atoms with van der Waals surface area (Å²) in [6.07, 6.45) is 10.1. The van der Waals surface area contributed by atoms with Crippen molar-refractivity contribution in [2.75, 3.05) is 0 Å². The summed E-state index contributed by atoms with van der Waals surface area (Å²) in [5, 5.41) is 2.89. The predicted octanol–water partition coefficient (Wildman–Crippen LogP) is 4.91. The molecule has 162 valence electrons. The molecule has 6 heteroatoms. The predicted molar refractivity (Wildman–Crippen MR) is 126 cm³/mol. The lowest BCUT2D eigenvalue weighted by Gasteiger charge is -2.10. The number of imidazole rings is 1. The van der Waals surface area contributed by atoms with Crippen molar-refractivity contribution in [3.05, 3.63) is 96.1 Å². The van der Waals surface area contributed by atoms with Crippen molar-refractivity contribution in [1.29, 1.82) is 0 Å². The summed E-state index contributed by atoms with van der Waals surface area (Å²) in [6.45, 7) is 4.40. The molecule has 6 nitrogen and oxygen atoms in total. The first-order valence-corrected chi connectivity index (χ1v) is 10.9. The summed E-state index contributed by atoms with van der Waals surface area (Å²) in [6, 6.07) is 16.9. The van der Waals surface area contributed by atoms with Gasteiger partial charge in [0.2, 0.25) is 0 Å². The first-order valence-electron chi connectivity index (χ1n) is 10.9. The molecule has 4 aromatic rings. The zero-order valence-corrected chi connectivity index (χ0v) is 18.5. The van der Waals surface area contributed by atoms with Crippen LogP contribution in [0.3, 0.4) is 0 Å².